The van der Waals surface area contributed by atoms with E-state index in [2.05, 4.69) is 10.0 Å². The molecule has 146 valence electrons. The monoisotopic (exact) mass is 474 g/mol. The van der Waals surface area contributed by atoms with Crippen LogP contribution in [-0.2, 0) is 14.8 Å². The summed E-state index contributed by atoms with van der Waals surface area (Å²) in [5, 5.41) is 6.41. The van der Waals surface area contributed by atoms with E-state index in [1.54, 1.807) is 29.6 Å². The molecule has 5 nitrogen and oxygen atoms in total. The molecule has 0 bridgehead atoms. The molecule has 3 rings (SSSR count). The van der Waals surface area contributed by atoms with Crippen LogP contribution in [0.4, 0.5) is 11.4 Å². The topological polar surface area (TPSA) is 75.3 Å². The number of hydrogen-bond donors (Lipinski definition) is 2. The predicted molar refractivity (Wildman–Crippen MR) is 116 cm³/mol. The molecule has 0 aliphatic rings. The van der Waals surface area contributed by atoms with E-state index in [9.17, 15) is 13.2 Å². The third-order valence-electron chi connectivity index (χ3n) is 3.69. The van der Waals surface area contributed by atoms with Crippen molar-refractivity contribution in [2.45, 2.75) is 11.8 Å². The van der Waals surface area contributed by atoms with Crippen molar-refractivity contribution in [2.75, 3.05) is 10.0 Å². The molecule has 0 fully saturated rings. The van der Waals surface area contributed by atoms with Crippen LogP contribution in [0.2, 0.25) is 15.1 Å². The summed E-state index contributed by atoms with van der Waals surface area (Å²) in [6, 6.07) is 9.55. The molecule has 10 heteroatoms. The van der Waals surface area contributed by atoms with E-state index >= 15 is 0 Å². The third-order valence-corrected chi connectivity index (χ3v) is 6.98. The lowest BCUT2D eigenvalue weighted by Crippen LogP contribution is -2.13. The number of thiophene rings is 1. The summed E-state index contributed by atoms with van der Waals surface area (Å²) in [7, 11) is -3.98. The minimum absolute atomic E-state index is 0.0293. The number of carbonyl (C=O) groups excluding carboxylic acids is 1. The van der Waals surface area contributed by atoms with Crippen LogP contribution in [-0.4, -0.2) is 14.3 Å². The highest BCUT2D eigenvalue weighted by Gasteiger charge is 2.22. The lowest BCUT2D eigenvalue weighted by Gasteiger charge is -2.12. The molecule has 0 atom stereocenters. The van der Waals surface area contributed by atoms with Crippen molar-refractivity contribution in [3.63, 3.8) is 0 Å². The molecule has 2 aromatic carbocycles. The highest BCUT2D eigenvalue weighted by atomic mass is 35.5. The second kappa shape index (κ2) is 8.31. The van der Waals surface area contributed by atoms with E-state index in [0.29, 0.717) is 16.9 Å². The Morgan fingerprint density at radius 2 is 1.61 bits per heavy atom. The van der Waals surface area contributed by atoms with E-state index in [4.69, 9.17) is 34.8 Å². The first-order chi connectivity index (χ1) is 13.2. The van der Waals surface area contributed by atoms with Gasteiger partial charge in [-0.05, 0) is 29.8 Å². The highest BCUT2D eigenvalue weighted by Crippen LogP contribution is 2.36. The molecular formula is C18H13Cl3N2O3S2. The van der Waals surface area contributed by atoms with E-state index in [-0.39, 0.29) is 25.9 Å². The number of amides is 1. The second-order valence-corrected chi connectivity index (χ2v) is 9.38. The van der Waals surface area contributed by atoms with Gasteiger partial charge in [-0.3, -0.25) is 9.52 Å². The molecule has 3 aromatic rings. The van der Waals surface area contributed by atoms with Crippen molar-refractivity contribution < 1.29 is 13.2 Å². The van der Waals surface area contributed by atoms with Gasteiger partial charge < -0.3 is 5.32 Å². The Hall–Kier alpha value is -1.77. The summed E-state index contributed by atoms with van der Waals surface area (Å²) < 4.78 is 28.1. The van der Waals surface area contributed by atoms with Gasteiger partial charge in [0.1, 0.15) is 4.90 Å². The molecule has 0 spiro atoms. The van der Waals surface area contributed by atoms with Gasteiger partial charge in [0.2, 0.25) is 5.91 Å². The average Bonchev–Trinajstić information content (AvgIpc) is 3.05. The summed E-state index contributed by atoms with van der Waals surface area (Å²) in [5.74, 6) is -0.171. The van der Waals surface area contributed by atoms with E-state index in [1.165, 1.54) is 30.4 Å². The maximum Gasteiger partial charge on any atom is 0.263 e. The Bertz CT molecular complexity index is 1140. The molecule has 0 saturated carbocycles. The Morgan fingerprint density at radius 3 is 2.25 bits per heavy atom. The SMILES string of the molecule is CC(=O)Nc1ccc(-c2cscc2NS(=O)(=O)c2cc(Cl)c(Cl)cc2Cl)cc1. The zero-order valence-electron chi connectivity index (χ0n) is 14.3. The van der Waals surface area contributed by atoms with E-state index < -0.39 is 10.0 Å². The van der Waals surface area contributed by atoms with Gasteiger partial charge in [-0.15, -0.1) is 11.3 Å². The minimum atomic E-state index is -3.98. The highest BCUT2D eigenvalue weighted by molar-refractivity contribution is 7.92. The van der Waals surface area contributed by atoms with Crippen molar-refractivity contribution >= 4 is 73.4 Å². The smallest absolute Gasteiger partial charge is 0.263 e. The van der Waals surface area contributed by atoms with Crippen LogP contribution in [0.25, 0.3) is 11.1 Å². The first kappa shape index (κ1) is 21.0. The maximum atomic E-state index is 12.8. The quantitative estimate of drug-likeness (QED) is 0.436. The molecule has 0 unspecified atom stereocenters. The van der Waals surface area contributed by atoms with Gasteiger partial charge in [-0.25, -0.2) is 8.42 Å². The second-order valence-electron chi connectivity index (χ2n) is 5.76. The van der Waals surface area contributed by atoms with Crippen molar-refractivity contribution in [3.8, 4) is 11.1 Å². The van der Waals surface area contributed by atoms with Crippen molar-refractivity contribution in [2.24, 2.45) is 0 Å². The van der Waals surface area contributed by atoms with Gasteiger partial charge in [0.15, 0.2) is 0 Å². The Morgan fingerprint density at radius 1 is 0.964 bits per heavy atom. The van der Waals surface area contributed by atoms with Crippen molar-refractivity contribution in [1.82, 2.24) is 0 Å². The van der Waals surface area contributed by atoms with E-state index in [1.807, 2.05) is 5.38 Å². The van der Waals surface area contributed by atoms with Gasteiger partial charge >= 0.3 is 0 Å². The molecule has 1 amide bonds. The summed E-state index contributed by atoms with van der Waals surface area (Å²) in [5.41, 5.74) is 2.53. The van der Waals surface area contributed by atoms with Gasteiger partial charge in [0.25, 0.3) is 10.0 Å². The largest absolute Gasteiger partial charge is 0.326 e. The fourth-order valence-electron chi connectivity index (χ4n) is 2.45. The average molecular weight is 476 g/mol. The molecule has 1 aromatic heterocycles. The van der Waals surface area contributed by atoms with Gasteiger partial charge in [0.05, 0.1) is 20.8 Å². The molecule has 2 N–H and O–H groups in total. The Labute approximate surface area is 181 Å². The minimum Gasteiger partial charge on any atom is -0.326 e. The summed E-state index contributed by atoms with van der Waals surface area (Å²) in [6.45, 7) is 1.42. The van der Waals surface area contributed by atoms with Gasteiger partial charge in [-0.1, -0.05) is 46.9 Å². The van der Waals surface area contributed by atoms with Crippen LogP contribution < -0.4 is 10.0 Å². The predicted octanol–water partition coefficient (Wildman–Crippen LogP) is 6.13. The number of anilines is 2. The molecule has 0 aliphatic carbocycles. The van der Waals surface area contributed by atoms with Gasteiger partial charge in [0, 0.05) is 28.9 Å². The maximum absolute atomic E-state index is 12.8. The fraction of sp³-hybridized carbons (Fsp3) is 0.0556. The first-order valence-corrected chi connectivity index (χ1v) is 11.3. The van der Waals surface area contributed by atoms with Crippen molar-refractivity contribution in [1.29, 1.82) is 0 Å². The van der Waals surface area contributed by atoms with Crippen LogP contribution >= 0.6 is 46.1 Å². The number of halogens is 3. The van der Waals surface area contributed by atoms with Crippen LogP contribution in [0.15, 0.2) is 52.1 Å². The lowest BCUT2D eigenvalue weighted by atomic mass is 10.1. The first-order valence-electron chi connectivity index (χ1n) is 7.79. The zero-order valence-corrected chi connectivity index (χ0v) is 18.2. The van der Waals surface area contributed by atoms with E-state index in [0.717, 1.165) is 5.56 Å². The summed E-state index contributed by atoms with van der Waals surface area (Å²) >= 11 is 19.2. The third kappa shape index (κ3) is 4.61. The Balaban J connectivity index is 1.92. The fourth-order valence-corrected chi connectivity index (χ4v) is 5.38. The molecule has 1 heterocycles. The molecular weight excluding hydrogens is 463 g/mol. The van der Waals surface area contributed by atoms with Crippen LogP contribution in [0, 0.1) is 0 Å². The zero-order chi connectivity index (χ0) is 20.5. The number of carbonyl (C=O) groups is 1. The lowest BCUT2D eigenvalue weighted by molar-refractivity contribution is -0.114. The van der Waals surface area contributed by atoms with Crippen molar-refractivity contribution in [3.05, 3.63) is 62.2 Å². The van der Waals surface area contributed by atoms with Crippen LogP contribution in [0.3, 0.4) is 0 Å². The summed E-state index contributed by atoms with van der Waals surface area (Å²) in [6.07, 6.45) is 0. The Kier molecular flexibility index (Phi) is 6.21. The molecule has 0 aliphatic heterocycles. The van der Waals surface area contributed by atoms with Crippen LogP contribution in [0.5, 0.6) is 0 Å². The molecule has 0 radical (unpaired) electrons. The normalized spacial score (nSPS) is 11.3. The number of benzene rings is 2. The molecule has 0 saturated heterocycles. The number of nitrogens with one attached hydrogen (secondary N) is 2. The number of rotatable bonds is 5. The number of hydrogen-bond acceptors (Lipinski definition) is 4. The summed E-state index contributed by atoms with van der Waals surface area (Å²) in [4.78, 5) is 11.0. The van der Waals surface area contributed by atoms with Crippen LogP contribution in [0.1, 0.15) is 6.92 Å². The molecule has 28 heavy (non-hydrogen) atoms. The van der Waals surface area contributed by atoms with Gasteiger partial charge in [-0.2, -0.15) is 0 Å². The number of sulfonamides is 1. The standard InChI is InChI=1S/C18H13Cl3N2O3S2/c1-10(24)22-12-4-2-11(3-5-12)13-8-27-9-17(13)23-28(25,26)18-7-15(20)14(19)6-16(18)21/h2-9,23H,1H3,(H,22,24).